The van der Waals surface area contributed by atoms with E-state index in [0.717, 1.165) is 48.2 Å². The number of aliphatic hydroxyl groups is 2. The zero-order chi connectivity index (χ0) is 37.1. The lowest BCUT2D eigenvalue weighted by Crippen LogP contribution is -2.59. The van der Waals surface area contributed by atoms with Crippen molar-refractivity contribution in [3.05, 3.63) is 83.0 Å². The molecule has 9 N–H and O–H groups in total. The highest BCUT2D eigenvalue weighted by Gasteiger charge is 2.46. The molecule has 0 bridgehead atoms. The normalized spacial score (nSPS) is 19.5. The van der Waals surface area contributed by atoms with Gasteiger partial charge >= 0.3 is 0 Å². The van der Waals surface area contributed by atoms with Crippen LogP contribution in [0.3, 0.4) is 0 Å². The van der Waals surface area contributed by atoms with Gasteiger partial charge in [-0.3, -0.25) is 19.1 Å². The van der Waals surface area contributed by atoms with Crippen LogP contribution in [0, 0.1) is 5.92 Å². The van der Waals surface area contributed by atoms with Crippen LogP contribution in [0.1, 0.15) is 66.6 Å². The molecule has 52 heavy (non-hydrogen) atoms. The van der Waals surface area contributed by atoms with Crippen LogP contribution >= 0.6 is 0 Å². The summed E-state index contributed by atoms with van der Waals surface area (Å²) in [6, 6.07) is 10.1. The number of hydrogen-bond acceptors (Lipinski definition) is 12. The maximum Gasteiger partial charge on any atom is 0.271 e. The lowest BCUT2D eigenvalue weighted by atomic mass is 9.93. The number of amides is 3. The van der Waals surface area contributed by atoms with Gasteiger partial charge in [0, 0.05) is 63.4 Å². The summed E-state index contributed by atoms with van der Waals surface area (Å²) in [6.07, 6.45) is 6.72. The van der Waals surface area contributed by atoms with Crippen molar-refractivity contribution in [2.24, 2.45) is 17.4 Å². The van der Waals surface area contributed by atoms with Crippen molar-refractivity contribution in [3.63, 3.8) is 0 Å². The van der Waals surface area contributed by atoms with E-state index < -0.39 is 11.8 Å². The monoisotopic (exact) mass is 711 g/mol. The molecule has 0 spiro atoms. The van der Waals surface area contributed by atoms with Gasteiger partial charge in [-0.1, -0.05) is 18.2 Å². The molecule has 4 heterocycles. The number of fused-ring (bicyclic) bond motifs is 3. The highest BCUT2D eigenvalue weighted by molar-refractivity contribution is 5.97. The number of pyridine rings is 1. The fourth-order valence-electron chi connectivity index (χ4n) is 6.62. The van der Waals surface area contributed by atoms with Gasteiger partial charge in [0.25, 0.3) is 17.7 Å². The number of hydrogen-bond donors (Lipinski definition) is 7. The molecular formula is C36H45N11O5. The Morgan fingerprint density at radius 2 is 1.73 bits per heavy atom. The highest BCUT2D eigenvalue weighted by atomic mass is 16.5. The molecule has 2 aliphatic heterocycles. The number of para-hydroxylation sites is 1. The van der Waals surface area contributed by atoms with Gasteiger partial charge in [-0.2, -0.15) is 5.10 Å². The lowest BCUT2D eigenvalue weighted by molar-refractivity contribution is -0.302. The summed E-state index contributed by atoms with van der Waals surface area (Å²) in [4.78, 5) is 47.2. The van der Waals surface area contributed by atoms with Crippen LogP contribution in [0.15, 0.2) is 65.9 Å². The van der Waals surface area contributed by atoms with Crippen molar-refractivity contribution < 1.29 is 24.6 Å². The molecule has 2 aromatic heterocycles. The van der Waals surface area contributed by atoms with Gasteiger partial charge in [0.2, 0.25) is 5.91 Å². The van der Waals surface area contributed by atoms with Gasteiger partial charge in [0.1, 0.15) is 22.9 Å². The van der Waals surface area contributed by atoms with Crippen molar-refractivity contribution >= 4 is 29.1 Å². The van der Waals surface area contributed by atoms with E-state index in [0.29, 0.717) is 5.69 Å². The average molecular weight is 712 g/mol. The molecule has 2 aliphatic carbocycles. The molecule has 1 saturated heterocycles. The van der Waals surface area contributed by atoms with E-state index in [1.54, 1.807) is 20.2 Å². The number of nitrogens with two attached hydrogens (primary N) is 2. The first-order valence-corrected chi connectivity index (χ1v) is 17.4. The van der Waals surface area contributed by atoms with Crippen molar-refractivity contribution in [3.8, 4) is 11.1 Å². The van der Waals surface area contributed by atoms with Crippen molar-refractivity contribution in [1.29, 1.82) is 0 Å². The molecule has 3 amide bonds. The SMILES string of the molecule is CC1c2c(cnn2C2CN(C(O)(O)c3cccc(C(=O)N(C)C)n3)C2)-c2cccc(NC(/C=C(\N)NC(=O)C3CC3)=C(/N)C(=O)NC3CC3)c2N1C. The van der Waals surface area contributed by atoms with E-state index in [1.165, 1.54) is 28.0 Å². The fourth-order valence-corrected chi connectivity index (χ4v) is 6.62. The van der Waals surface area contributed by atoms with Gasteiger partial charge in [0.05, 0.1) is 41.0 Å². The highest BCUT2D eigenvalue weighted by Crippen LogP contribution is 2.49. The third-order valence-electron chi connectivity index (χ3n) is 10.1. The summed E-state index contributed by atoms with van der Waals surface area (Å²) in [5, 5.41) is 36.1. The maximum atomic E-state index is 13.1. The van der Waals surface area contributed by atoms with Gasteiger partial charge in [0.15, 0.2) is 0 Å². The second-order valence-corrected chi connectivity index (χ2v) is 14.2. The van der Waals surface area contributed by atoms with Crippen LogP contribution in [-0.4, -0.2) is 92.8 Å². The van der Waals surface area contributed by atoms with Crippen LogP contribution in [0.25, 0.3) is 11.1 Å². The first-order chi connectivity index (χ1) is 24.7. The van der Waals surface area contributed by atoms with Gasteiger partial charge < -0.3 is 47.4 Å². The molecule has 3 aromatic rings. The zero-order valence-electron chi connectivity index (χ0n) is 29.6. The number of rotatable bonds is 11. The molecule has 0 radical (unpaired) electrons. The summed E-state index contributed by atoms with van der Waals surface area (Å²) >= 11 is 0. The average Bonchev–Trinajstić information content (AvgIpc) is 4.04. The fraction of sp³-hybridized carbons (Fsp3) is 0.417. The molecule has 4 aliphatic rings. The number of carbonyl (C=O) groups excluding carboxylic acids is 3. The summed E-state index contributed by atoms with van der Waals surface area (Å²) in [5.74, 6) is -3.29. The van der Waals surface area contributed by atoms with E-state index in [4.69, 9.17) is 16.6 Å². The first-order valence-electron chi connectivity index (χ1n) is 17.4. The van der Waals surface area contributed by atoms with E-state index in [9.17, 15) is 24.6 Å². The van der Waals surface area contributed by atoms with Crippen molar-refractivity contribution in [1.82, 2.24) is 35.2 Å². The van der Waals surface area contributed by atoms with Crippen molar-refractivity contribution in [2.75, 3.05) is 44.4 Å². The molecule has 16 heteroatoms. The smallest absolute Gasteiger partial charge is 0.271 e. The molecule has 274 valence electrons. The van der Waals surface area contributed by atoms with E-state index in [-0.39, 0.29) is 77.6 Å². The predicted octanol–water partition coefficient (Wildman–Crippen LogP) is 0.997. The number of nitrogens with one attached hydrogen (secondary N) is 3. The minimum absolute atomic E-state index is 0.0378. The van der Waals surface area contributed by atoms with Crippen molar-refractivity contribution in [2.45, 2.75) is 56.6 Å². The van der Waals surface area contributed by atoms with Gasteiger partial charge in [-0.15, -0.1) is 0 Å². The molecule has 2 saturated carbocycles. The van der Waals surface area contributed by atoms with E-state index >= 15 is 0 Å². The van der Waals surface area contributed by atoms with Gasteiger partial charge in [-0.25, -0.2) is 9.88 Å². The Labute approximate surface area is 301 Å². The Kier molecular flexibility index (Phi) is 8.92. The van der Waals surface area contributed by atoms with Crippen LogP contribution in [0.4, 0.5) is 11.4 Å². The molecule has 1 aromatic carbocycles. The molecule has 16 nitrogen and oxygen atoms in total. The number of anilines is 2. The predicted molar refractivity (Wildman–Crippen MR) is 193 cm³/mol. The Balaban J connectivity index is 1.15. The number of benzene rings is 1. The second kappa shape index (κ2) is 13.3. The molecular weight excluding hydrogens is 666 g/mol. The van der Waals surface area contributed by atoms with Gasteiger partial charge in [-0.05, 0) is 50.8 Å². The zero-order valence-corrected chi connectivity index (χ0v) is 29.6. The lowest BCUT2D eigenvalue weighted by Gasteiger charge is -2.47. The number of nitrogens with zero attached hydrogens (tertiary/aromatic N) is 6. The molecule has 7 rings (SSSR count). The van der Waals surface area contributed by atoms with Crippen LogP contribution in [0.2, 0.25) is 0 Å². The summed E-state index contributed by atoms with van der Waals surface area (Å²) in [6.45, 7) is 2.62. The Hall–Kier alpha value is -5.45. The van der Waals surface area contributed by atoms with Crippen LogP contribution in [0.5, 0.6) is 0 Å². The van der Waals surface area contributed by atoms with Crippen LogP contribution in [-0.2, 0) is 15.5 Å². The first kappa shape index (κ1) is 35.0. The quantitative estimate of drug-likeness (QED) is 0.0842. The summed E-state index contributed by atoms with van der Waals surface area (Å²) in [5.41, 5.74) is 17.2. The van der Waals surface area contributed by atoms with E-state index in [1.807, 2.05) is 36.1 Å². The third-order valence-corrected chi connectivity index (χ3v) is 10.1. The topological polar surface area (TPSA) is 220 Å². The molecule has 1 unspecified atom stereocenters. The Morgan fingerprint density at radius 1 is 1.02 bits per heavy atom. The standard InChI is InChI=1S/C36H45N11O5/c1-19-31-24(16-39-47(31)22-17-46(18-22)36(51,52)28-10-6-9-26(42-28)35(50)44(2)3)23-7-5-8-25(32(23)45(19)4)41-27(30(38)34(49)40-21-13-14-21)15-29(37)43-33(48)20-11-12-20/h5-10,15-16,19-22,41,51-52H,11-14,17-18,37-38H2,1-4H3,(H,40,49)(H,43,48)/b29-15+,30-27+. The largest absolute Gasteiger partial charge is 0.393 e. The minimum Gasteiger partial charge on any atom is -0.393 e. The second-order valence-electron chi connectivity index (χ2n) is 14.2. The Bertz CT molecular complexity index is 1990. The Morgan fingerprint density at radius 3 is 2.40 bits per heavy atom. The summed E-state index contributed by atoms with van der Waals surface area (Å²) < 4.78 is 1.93. The number of aromatic nitrogens is 3. The van der Waals surface area contributed by atoms with Crippen LogP contribution < -0.4 is 32.3 Å². The summed E-state index contributed by atoms with van der Waals surface area (Å²) in [7, 11) is 5.18. The number of likely N-dealkylation sites (tertiary alicyclic amines) is 1. The third kappa shape index (κ3) is 6.55. The number of allylic oxidation sites excluding steroid dienone is 1. The molecule has 1 atom stereocenters. The molecule has 3 fully saturated rings. The minimum atomic E-state index is -2.39. The van der Waals surface area contributed by atoms with E-state index in [2.05, 4.69) is 32.8 Å². The maximum absolute atomic E-state index is 13.1. The number of carbonyl (C=O) groups is 3.